The molecule has 0 aliphatic heterocycles. The first kappa shape index (κ1) is 17.4. The average molecular weight is 284 g/mol. The van der Waals surface area contributed by atoms with Crippen molar-refractivity contribution in [2.45, 2.75) is 77.4 Å². The summed E-state index contributed by atoms with van der Waals surface area (Å²) in [6, 6.07) is 0.351. The number of hydrogen-bond acceptors (Lipinski definition) is 3. The van der Waals surface area contributed by atoms with Gasteiger partial charge < -0.3 is 10.4 Å². The minimum atomic E-state index is -0.753. The van der Waals surface area contributed by atoms with Crippen molar-refractivity contribution in [2.24, 2.45) is 0 Å². The van der Waals surface area contributed by atoms with E-state index in [0.29, 0.717) is 19.1 Å². The zero-order chi connectivity index (χ0) is 15.0. The predicted molar refractivity (Wildman–Crippen MR) is 82.7 cm³/mol. The molecule has 1 amide bonds. The summed E-state index contributed by atoms with van der Waals surface area (Å²) in [6.45, 7) is 7.28. The van der Waals surface area contributed by atoms with Crippen molar-refractivity contribution in [1.29, 1.82) is 0 Å². The van der Waals surface area contributed by atoms with Gasteiger partial charge in [0.15, 0.2) is 0 Å². The van der Waals surface area contributed by atoms with E-state index in [0.717, 1.165) is 19.4 Å². The maximum atomic E-state index is 12.1. The fourth-order valence-electron chi connectivity index (χ4n) is 2.90. The van der Waals surface area contributed by atoms with Crippen molar-refractivity contribution in [3.05, 3.63) is 0 Å². The number of nitrogens with one attached hydrogen (secondary N) is 1. The van der Waals surface area contributed by atoms with Crippen LogP contribution in [0.3, 0.4) is 0 Å². The third-order valence-electron chi connectivity index (χ3n) is 3.90. The third kappa shape index (κ3) is 7.85. The first-order valence-electron chi connectivity index (χ1n) is 8.15. The number of likely N-dealkylation sites (N-methyl/N-ethyl adjacent to an activating group) is 1. The molecular weight excluding hydrogens is 252 g/mol. The molecule has 1 fully saturated rings. The highest BCUT2D eigenvalue weighted by Crippen LogP contribution is 2.17. The van der Waals surface area contributed by atoms with Gasteiger partial charge in [-0.25, -0.2) is 0 Å². The van der Waals surface area contributed by atoms with Crippen LogP contribution in [0.4, 0.5) is 0 Å². The van der Waals surface area contributed by atoms with Crippen molar-refractivity contribution < 1.29 is 9.90 Å². The Balaban J connectivity index is 2.36. The molecule has 0 aromatic rings. The Morgan fingerprint density at radius 3 is 2.25 bits per heavy atom. The zero-order valence-corrected chi connectivity index (χ0v) is 13.5. The van der Waals surface area contributed by atoms with Gasteiger partial charge in [-0.2, -0.15) is 0 Å². The van der Waals surface area contributed by atoms with Crippen LogP contribution in [0, 0.1) is 0 Å². The SMILES string of the molecule is CCN(CC(=O)NC1CCCCCCC1)CC(C)(C)O. The quantitative estimate of drug-likeness (QED) is 0.787. The minimum Gasteiger partial charge on any atom is -0.389 e. The Bertz CT molecular complexity index is 279. The highest BCUT2D eigenvalue weighted by molar-refractivity contribution is 5.78. The first-order valence-corrected chi connectivity index (χ1v) is 8.15. The second-order valence-corrected chi connectivity index (χ2v) is 6.73. The molecule has 0 unspecified atom stereocenters. The summed E-state index contributed by atoms with van der Waals surface area (Å²) in [7, 11) is 0. The van der Waals surface area contributed by atoms with Gasteiger partial charge in [-0.15, -0.1) is 0 Å². The van der Waals surface area contributed by atoms with Crippen molar-refractivity contribution in [2.75, 3.05) is 19.6 Å². The number of nitrogens with zero attached hydrogens (tertiary/aromatic N) is 1. The molecule has 0 bridgehead atoms. The van der Waals surface area contributed by atoms with Crippen LogP contribution < -0.4 is 5.32 Å². The first-order chi connectivity index (χ1) is 9.40. The van der Waals surface area contributed by atoms with Gasteiger partial charge in [-0.05, 0) is 33.2 Å². The number of rotatable bonds is 6. The molecule has 0 atom stereocenters. The fraction of sp³-hybridized carbons (Fsp3) is 0.938. The van der Waals surface area contributed by atoms with E-state index in [1.165, 1.54) is 32.1 Å². The molecule has 0 saturated heterocycles. The van der Waals surface area contributed by atoms with Crippen LogP contribution in [0.5, 0.6) is 0 Å². The van der Waals surface area contributed by atoms with E-state index in [2.05, 4.69) is 5.32 Å². The van der Waals surface area contributed by atoms with E-state index < -0.39 is 5.60 Å². The van der Waals surface area contributed by atoms with E-state index in [1.807, 2.05) is 11.8 Å². The Morgan fingerprint density at radius 1 is 1.20 bits per heavy atom. The van der Waals surface area contributed by atoms with Crippen molar-refractivity contribution in [3.63, 3.8) is 0 Å². The maximum Gasteiger partial charge on any atom is 0.234 e. The standard InChI is InChI=1S/C16H32N2O2/c1-4-18(13-16(2,3)20)12-15(19)17-14-10-8-6-5-7-9-11-14/h14,20H,4-13H2,1-3H3,(H,17,19). The van der Waals surface area contributed by atoms with Crippen LogP contribution in [0.2, 0.25) is 0 Å². The molecular formula is C16H32N2O2. The second-order valence-electron chi connectivity index (χ2n) is 6.73. The Morgan fingerprint density at radius 2 is 1.75 bits per heavy atom. The van der Waals surface area contributed by atoms with E-state index in [4.69, 9.17) is 0 Å². The monoisotopic (exact) mass is 284 g/mol. The number of carbonyl (C=O) groups excluding carboxylic acids is 1. The number of carbonyl (C=O) groups is 1. The molecule has 118 valence electrons. The zero-order valence-electron chi connectivity index (χ0n) is 13.5. The van der Waals surface area contributed by atoms with E-state index in [1.54, 1.807) is 13.8 Å². The Hall–Kier alpha value is -0.610. The van der Waals surface area contributed by atoms with Gasteiger partial charge in [-0.1, -0.05) is 39.0 Å². The molecule has 4 nitrogen and oxygen atoms in total. The normalized spacial score (nSPS) is 18.6. The van der Waals surface area contributed by atoms with Crippen LogP contribution in [0.1, 0.15) is 65.7 Å². The molecule has 1 aliphatic carbocycles. The van der Waals surface area contributed by atoms with Gasteiger partial charge in [-0.3, -0.25) is 9.69 Å². The number of aliphatic hydroxyl groups is 1. The molecule has 2 N–H and O–H groups in total. The van der Waals surface area contributed by atoms with Crippen LogP contribution in [0.25, 0.3) is 0 Å². The van der Waals surface area contributed by atoms with Gasteiger partial charge >= 0.3 is 0 Å². The molecule has 0 heterocycles. The summed E-state index contributed by atoms with van der Waals surface area (Å²) in [5.74, 6) is 0.0988. The van der Waals surface area contributed by atoms with Crippen LogP contribution >= 0.6 is 0 Å². The predicted octanol–water partition coefficient (Wildman–Crippen LogP) is 2.31. The molecule has 0 aromatic heterocycles. The van der Waals surface area contributed by atoms with Gasteiger partial charge in [0.25, 0.3) is 0 Å². The summed E-state index contributed by atoms with van der Waals surface area (Å²) in [5, 5.41) is 13.0. The Labute approximate surface area is 123 Å². The maximum absolute atomic E-state index is 12.1. The van der Waals surface area contributed by atoms with Gasteiger partial charge in [0.1, 0.15) is 0 Å². The number of amides is 1. The van der Waals surface area contributed by atoms with Crippen LogP contribution in [0.15, 0.2) is 0 Å². The number of hydrogen-bond donors (Lipinski definition) is 2. The molecule has 0 radical (unpaired) electrons. The summed E-state index contributed by atoms with van der Waals surface area (Å²) >= 11 is 0. The lowest BCUT2D eigenvalue weighted by molar-refractivity contribution is -0.123. The summed E-state index contributed by atoms with van der Waals surface area (Å²) in [4.78, 5) is 14.1. The summed E-state index contributed by atoms with van der Waals surface area (Å²) in [6.07, 6.45) is 8.62. The third-order valence-corrected chi connectivity index (χ3v) is 3.90. The van der Waals surface area contributed by atoms with E-state index >= 15 is 0 Å². The largest absolute Gasteiger partial charge is 0.389 e. The van der Waals surface area contributed by atoms with E-state index in [-0.39, 0.29) is 5.91 Å². The molecule has 1 saturated carbocycles. The fourth-order valence-corrected chi connectivity index (χ4v) is 2.90. The van der Waals surface area contributed by atoms with Crippen LogP contribution in [-0.2, 0) is 4.79 Å². The lowest BCUT2D eigenvalue weighted by Gasteiger charge is -2.28. The lowest BCUT2D eigenvalue weighted by Crippen LogP contribution is -2.46. The molecule has 4 heteroatoms. The Kier molecular flexibility index (Phi) is 7.52. The topological polar surface area (TPSA) is 52.6 Å². The molecule has 0 spiro atoms. The summed E-state index contributed by atoms with van der Waals surface area (Å²) in [5.41, 5.74) is -0.753. The van der Waals surface area contributed by atoms with Crippen molar-refractivity contribution >= 4 is 5.91 Å². The highest BCUT2D eigenvalue weighted by atomic mass is 16.3. The lowest BCUT2D eigenvalue weighted by atomic mass is 9.97. The minimum absolute atomic E-state index is 0.0988. The molecule has 0 aromatic carbocycles. The van der Waals surface area contributed by atoms with Gasteiger partial charge in [0.05, 0.1) is 12.1 Å². The molecule has 1 rings (SSSR count). The van der Waals surface area contributed by atoms with Crippen molar-refractivity contribution in [1.82, 2.24) is 10.2 Å². The van der Waals surface area contributed by atoms with Gasteiger partial charge in [0.2, 0.25) is 5.91 Å². The van der Waals surface area contributed by atoms with Gasteiger partial charge in [0, 0.05) is 12.6 Å². The smallest absolute Gasteiger partial charge is 0.234 e. The molecule has 20 heavy (non-hydrogen) atoms. The average Bonchev–Trinajstić information content (AvgIpc) is 2.29. The highest BCUT2D eigenvalue weighted by Gasteiger charge is 2.20. The van der Waals surface area contributed by atoms with Crippen LogP contribution in [-0.4, -0.2) is 47.2 Å². The summed E-state index contributed by atoms with van der Waals surface area (Å²) < 4.78 is 0. The van der Waals surface area contributed by atoms with E-state index in [9.17, 15) is 9.90 Å². The second kappa shape index (κ2) is 8.63. The molecule has 1 aliphatic rings. The van der Waals surface area contributed by atoms with Crippen molar-refractivity contribution in [3.8, 4) is 0 Å².